The molecule has 10 heavy (non-hydrogen) atoms. The van der Waals surface area contributed by atoms with Crippen LogP contribution in [0.5, 0.6) is 0 Å². The van der Waals surface area contributed by atoms with Gasteiger partial charge in [0.05, 0.1) is 6.07 Å². The van der Waals surface area contributed by atoms with Crippen molar-refractivity contribution in [2.75, 3.05) is 0 Å². The van der Waals surface area contributed by atoms with Crippen molar-refractivity contribution >= 4 is 5.97 Å². The molecular weight excluding hydrogens is 132 g/mol. The van der Waals surface area contributed by atoms with Gasteiger partial charge < -0.3 is 4.74 Å². The number of carbonyl (C=O) groups excluding carboxylic acids is 1. The highest BCUT2D eigenvalue weighted by molar-refractivity contribution is 5.72. The van der Waals surface area contributed by atoms with E-state index in [0.29, 0.717) is 0 Å². The van der Waals surface area contributed by atoms with E-state index in [1.807, 2.05) is 0 Å². The van der Waals surface area contributed by atoms with Crippen LogP contribution < -0.4 is 0 Å². The molecule has 0 aromatic rings. The molecule has 0 atom stereocenters. The Morgan fingerprint density at radius 2 is 2.10 bits per heavy atom. The zero-order valence-corrected chi connectivity index (χ0v) is 6.47. The normalized spacial score (nSPS) is 10.2. The van der Waals surface area contributed by atoms with Gasteiger partial charge in [0, 0.05) is 0 Å². The van der Waals surface area contributed by atoms with Crippen LogP contribution >= 0.6 is 0 Å². The Hall–Kier alpha value is -1.04. The molecule has 0 saturated heterocycles. The van der Waals surface area contributed by atoms with Crippen molar-refractivity contribution in [2.24, 2.45) is 0 Å². The maximum absolute atomic E-state index is 10.6. The summed E-state index contributed by atoms with van der Waals surface area (Å²) in [5, 5.41) is 8.08. The first-order valence-corrected chi connectivity index (χ1v) is 3.04. The molecule has 0 saturated carbocycles. The first kappa shape index (κ1) is 8.96. The molecule has 0 unspecified atom stereocenters. The Kier molecular flexibility index (Phi) is 2.88. The third-order valence-electron chi connectivity index (χ3n) is 0.643. The van der Waals surface area contributed by atoms with Gasteiger partial charge >= 0.3 is 5.97 Å². The van der Waals surface area contributed by atoms with E-state index in [0.717, 1.165) is 0 Å². The average Bonchev–Trinajstić information content (AvgIpc) is 1.59. The Bertz CT molecular complexity index is 161. The Morgan fingerprint density at radius 1 is 1.60 bits per heavy atom. The Morgan fingerprint density at radius 3 is 2.40 bits per heavy atom. The van der Waals surface area contributed by atoms with Crippen molar-refractivity contribution in [3.63, 3.8) is 0 Å². The van der Waals surface area contributed by atoms with E-state index < -0.39 is 11.6 Å². The minimum atomic E-state index is -0.478. The summed E-state index contributed by atoms with van der Waals surface area (Å²) >= 11 is 0. The summed E-state index contributed by atoms with van der Waals surface area (Å²) in [6.07, 6.45) is -0.169. The van der Waals surface area contributed by atoms with Crippen molar-refractivity contribution in [3.8, 4) is 6.07 Å². The fourth-order valence-electron chi connectivity index (χ4n) is 0.442. The zero-order valence-electron chi connectivity index (χ0n) is 6.47. The number of ether oxygens (including phenoxy) is 1. The van der Waals surface area contributed by atoms with Gasteiger partial charge in [0.2, 0.25) is 0 Å². The SMILES string of the molecule is CC(C)(C)O[14C](=O)CC#N. The second-order valence-electron chi connectivity index (χ2n) is 2.92. The van der Waals surface area contributed by atoms with Crippen LogP contribution in [0.15, 0.2) is 0 Å². The molecule has 0 radical (unpaired) electrons. The molecule has 0 aliphatic carbocycles. The number of hydrogen-bond acceptors (Lipinski definition) is 3. The molecule has 3 heteroatoms. The quantitative estimate of drug-likeness (QED) is 0.519. The summed E-state index contributed by atoms with van der Waals surface area (Å²) in [6, 6.07) is 1.72. The van der Waals surface area contributed by atoms with Crippen molar-refractivity contribution in [1.29, 1.82) is 5.26 Å². The summed E-state index contributed by atoms with van der Waals surface area (Å²) in [6.45, 7) is 5.30. The van der Waals surface area contributed by atoms with Gasteiger partial charge in [0.1, 0.15) is 12.0 Å². The van der Waals surface area contributed by atoms with Crippen molar-refractivity contribution < 1.29 is 9.53 Å². The van der Waals surface area contributed by atoms with Crippen LogP contribution in [0.3, 0.4) is 0 Å². The van der Waals surface area contributed by atoms with Gasteiger partial charge in [0.15, 0.2) is 0 Å². The molecule has 0 spiro atoms. The van der Waals surface area contributed by atoms with Crippen molar-refractivity contribution in [2.45, 2.75) is 32.8 Å². The number of rotatable bonds is 1. The van der Waals surface area contributed by atoms with Gasteiger partial charge in [-0.3, -0.25) is 4.79 Å². The predicted molar refractivity (Wildman–Crippen MR) is 36.1 cm³/mol. The van der Waals surface area contributed by atoms with Gasteiger partial charge in [-0.15, -0.1) is 0 Å². The highest BCUT2D eigenvalue weighted by atomic mass is 16.8. The van der Waals surface area contributed by atoms with Crippen LogP contribution in [0.2, 0.25) is 0 Å². The van der Waals surface area contributed by atoms with E-state index in [-0.39, 0.29) is 6.42 Å². The molecular formula is C7H11NO2. The van der Waals surface area contributed by atoms with E-state index in [2.05, 4.69) is 0 Å². The molecule has 0 heterocycles. The smallest absolute Gasteiger partial charge is 0.320 e. The third-order valence-corrected chi connectivity index (χ3v) is 0.643. The van der Waals surface area contributed by atoms with Gasteiger partial charge in [-0.25, -0.2) is 0 Å². The minimum absolute atomic E-state index is 0.169. The van der Waals surface area contributed by atoms with E-state index in [9.17, 15) is 4.79 Å². The maximum Gasteiger partial charge on any atom is 0.320 e. The van der Waals surface area contributed by atoms with Gasteiger partial charge in [-0.2, -0.15) is 5.26 Å². The summed E-state index contributed by atoms with van der Waals surface area (Å²) in [5.41, 5.74) is -0.478. The molecule has 0 fully saturated rings. The highest BCUT2D eigenvalue weighted by Crippen LogP contribution is 2.07. The fraction of sp³-hybridized carbons (Fsp3) is 0.714. The lowest BCUT2D eigenvalue weighted by Gasteiger charge is -2.18. The number of esters is 1. The summed E-state index contributed by atoms with van der Waals surface area (Å²) in [7, 11) is 0. The Balaban J connectivity index is 3.72. The van der Waals surface area contributed by atoms with Crippen LogP contribution in [0.4, 0.5) is 0 Å². The lowest BCUT2D eigenvalue weighted by molar-refractivity contribution is -0.153. The van der Waals surface area contributed by atoms with Crippen molar-refractivity contribution in [3.05, 3.63) is 0 Å². The van der Waals surface area contributed by atoms with Crippen LogP contribution in [-0.4, -0.2) is 11.6 Å². The summed E-state index contributed by atoms with van der Waals surface area (Å²) in [5.74, 6) is -0.463. The lowest BCUT2D eigenvalue weighted by atomic mass is 10.2. The molecule has 0 bridgehead atoms. The van der Waals surface area contributed by atoms with E-state index in [1.54, 1.807) is 26.8 Å². The van der Waals surface area contributed by atoms with Crippen LogP contribution in [0, 0.1) is 11.3 Å². The van der Waals surface area contributed by atoms with Gasteiger partial charge in [-0.05, 0) is 20.8 Å². The molecule has 0 rings (SSSR count). The fourth-order valence-corrected chi connectivity index (χ4v) is 0.442. The highest BCUT2D eigenvalue weighted by Gasteiger charge is 2.15. The number of nitrogens with zero attached hydrogens (tertiary/aromatic N) is 1. The second-order valence-corrected chi connectivity index (χ2v) is 2.92. The molecule has 56 valence electrons. The molecule has 0 amide bonds. The second kappa shape index (κ2) is 3.21. The standard InChI is InChI=1S/C7H11NO2/c1-7(2,3)10-6(9)4-5-8/h4H2,1-3H3/i6+2. The topological polar surface area (TPSA) is 50.1 Å². The van der Waals surface area contributed by atoms with E-state index >= 15 is 0 Å². The maximum atomic E-state index is 10.6. The monoisotopic (exact) mass is 143 g/mol. The summed E-state index contributed by atoms with van der Waals surface area (Å²) in [4.78, 5) is 10.6. The summed E-state index contributed by atoms with van der Waals surface area (Å²) < 4.78 is 4.82. The molecule has 0 aromatic carbocycles. The van der Waals surface area contributed by atoms with E-state index in [4.69, 9.17) is 10.00 Å². The lowest BCUT2D eigenvalue weighted by Crippen LogP contribution is -2.23. The average molecular weight is 143 g/mol. The van der Waals surface area contributed by atoms with Crippen molar-refractivity contribution in [1.82, 2.24) is 0 Å². The largest absolute Gasteiger partial charge is 0.459 e. The number of hydrogen-bond donors (Lipinski definition) is 0. The van der Waals surface area contributed by atoms with Crippen LogP contribution in [0.1, 0.15) is 27.2 Å². The number of carbonyl (C=O) groups is 1. The minimum Gasteiger partial charge on any atom is -0.459 e. The molecule has 0 N–H and O–H groups in total. The van der Waals surface area contributed by atoms with Crippen LogP contribution in [-0.2, 0) is 9.53 Å². The van der Waals surface area contributed by atoms with Gasteiger partial charge in [-0.1, -0.05) is 0 Å². The predicted octanol–water partition coefficient (Wildman–Crippen LogP) is 1.24. The molecule has 3 nitrogen and oxygen atoms in total. The third kappa shape index (κ3) is 5.10. The molecule has 0 aromatic heterocycles. The van der Waals surface area contributed by atoms with E-state index in [1.165, 1.54) is 0 Å². The first-order valence-electron chi connectivity index (χ1n) is 3.04. The molecule has 0 aliphatic heterocycles. The molecule has 0 aliphatic rings. The Labute approximate surface area is 60.6 Å². The zero-order chi connectivity index (χ0) is 8.20. The van der Waals surface area contributed by atoms with Crippen LogP contribution in [0.25, 0.3) is 0 Å². The van der Waals surface area contributed by atoms with Gasteiger partial charge in [0.25, 0.3) is 0 Å². The first-order chi connectivity index (χ1) is 4.45. The number of nitriles is 1.